The monoisotopic (exact) mass is 265 g/mol. The largest absolute Gasteiger partial charge is 0.310 e. The van der Waals surface area contributed by atoms with Gasteiger partial charge < -0.3 is 5.32 Å². The van der Waals surface area contributed by atoms with Gasteiger partial charge >= 0.3 is 0 Å². The van der Waals surface area contributed by atoms with Gasteiger partial charge in [0.25, 0.3) is 0 Å². The Hall–Kier alpha value is -0.550. The molecule has 0 atom stereocenters. The van der Waals surface area contributed by atoms with Crippen molar-refractivity contribution in [2.75, 3.05) is 13.1 Å². The van der Waals surface area contributed by atoms with Gasteiger partial charge in [-0.1, -0.05) is 0 Å². The maximum atomic E-state index is 13.8. The van der Waals surface area contributed by atoms with Gasteiger partial charge in [0.1, 0.15) is 11.6 Å². The Kier molecular flexibility index (Phi) is 2.31. The highest BCUT2D eigenvalue weighted by Crippen LogP contribution is 2.36. The molecule has 0 aromatic heterocycles. The molecule has 0 spiro atoms. The summed E-state index contributed by atoms with van der Waals surface area (Å²) in [6, 6.07) is 2.28. The molecule has 0 unspecified atom stereocenters. The van der Waals surface area contributed by atoms with Crippen molar-refractivity contribution in [3.8, 4) is 0 Å². The van der Waals surface area contributed by atoms with E-state index < -0.39 is 22.9 Å². The maximum Gasteiger partial charge on any atom is 0.166 e. The summed E-state index contributed by atoms with van der Waals surface area (Å²) >= 11 is 2.90. The van der Waals surface area contributed by atoms with Gasteiger partial charge in [0.2, 0.25) is 0 Å². The molecule has 1 nitrogen and oxygen atoms in total. The lowest BCUT2D eigenvalue weighted by molar-refractivity contribution is 0.0798. The summed E-state index contributed by atoms with van der Waals surface area (Å²) in [4.78, 5) is 0. The summed E-state index contributed by atoms with van der Waals surface area (Å²) in [5.74, 6) is -1.69. The predicted octanol–water partition coefficient (Wildman–Crippen LogP) is 2.50. The van der Waals surface area contributed by atoms with Gasteiger partial charge in [-0.25, -0.2) is 13.2 Å². The van der Waals surface area contributed by atoms with Crippen LogP contribution in [0.15, 0.2) is 16.6 Å². The quantitative estimate of drug-likeness (QED) is 0.770. The predicted molar refractivity (Wildman–Crippen MR) is 49.7 cm³/mol. The minimum absolute atomic E-state index is 0.0444. The summed E-state index contributed by atoms with van der Waals surface area (Å²) in [6.07, 6.45) is 0. The van der Waals surface area contributed by atoms with E-state index in [1.807, 2.05) is 0 Å². The van der Waals surface area contributed by atoms with Crippen molar-refractivity contribution in [3.05, 3.63) is 33.8 Å². The molecule has 0 aliphatic carbocycles. The van der Waals surface area contributed by atoms with Crippen LogP contribution in [-0.2, 0) is 5.67 Å². The van der Waals surface area contributed by atoms with Crippen LogP contribution in [0.4, 0.5) is 13.2 Å². The fourth-order valence-electron chi connectivity index (χ4n) is 1.46. The second-order valence-electron chi connectivity index (χ2n) is 3.29. The smallest absolute Gasteiger partial charge is 0.166 e. The lowest BCUT2D eigenvalue weighted by Crippen LogP contribution is -2.54. The molecule has 1 N–H and O–H groups in total. The summed E-state index contributed by atoms with van der Waals surface area (Å²) in [6.45, 7) is -0.0887. The fraction of sp³-hybridized carbons (Fsp3) is 0.333. The van der Waals surface area contributed by atoms with Crippen LogP contribution in [0.3, 0.4) is 0 Å². The first-order valence-corrected chi connectivity index (χ1v) is 4.87. The highest BCUT2D eigenvalue weighted by Gasteiger charge is 2.43. The van der Waals surface area contributed by atoms with E-state index >= 15 is 0 Å². The molecule has 2 rings (SSSR count). The average molecular weight is 266 g/mol. The zero-order valence-electron chi connectivity index (χ0n) is 7.08. The fourth-order valence-corrected chi connectivity index (χ4v) is 1.79. The first-order valence-electron chi connectivity index (χ1n) is 4.08. The third kappa shape index (κ3) is 1.35. The maximum absolute atomic E-state index is 13.8. The molecule has 1 aliphatic heterocycles. The van der Waals surface area contributed by atoms with Gasteiger partial charge in [-0.2, -0.15) is 0 Å². The highest BCUT2D eigenvalue weighted by molar-refractivity contribution is 9.10. The molecule has 14 heavy (non-hydrogen) atoms. The Morgan fingerprint density at radius 3 is 2.43 bits per heavy atom. The minimum Gasteiger partial charge on any atom is -0.310 e. The van der Waals surface area contributed by atoms with Crippen molar-refractivity contribution in [1.29, 1.82) is 0 Å². The van der Waals surface area contributed by atoms with Crippen LogP contribution in [0.25, 0.3) is 0 Å². The first-order chi connectivity index (χ1) is 6.54. The zero-order valence-corrected chi connectivity index (χ0v) is 8.67. The molecule has 0 amide bonds. The minimum atomic E-state index is -1.90. The van der Waals surface area contributed by atoms with Crippen molar-refractivity contribution < 1.29 is 13.2 Å². The molecule has 0 bridgehead atoms. The van der Waals surface area contributed by atoms with Crippen LogP contribution in [0.2, 0.25) is 0 Å². The molecule has 1 saturated heterocycles. The van der Waals surface area contributed by atoms with Crippen molar-refractivity contribution in [2.24, 2.45) is 0 Å². The van der Waals surface area contributed by atoms with Crippen molar-refractivity contribution in [3.63, 3.8) is 0 Å². The summed E-state index contributed by atoms with van der Waals surface area (Å²) in [7, 11) is 0. The van der Waals surface area contributed by atoms with Crippen LogP contribution in [0.1, 0.15) is 5.56 Å². The SMILES string of the molecule is Fc1ccc(Br)c(F)c1C1(F)CNC1. The van der Waals surface area contributed by atoms with Crippen LogP contribution in [-0.4, -0.2) is 13.1 Å². The van der Waals surface area contributed by atoms with E-state index in [1.165, 1.54) is 6.07 Å². The second-order valence-corrected chi connectivity index (χ2v) is 4.14. The first kappa shape index (κ1) is 9.98. The molecule has 0 radical (unpaired) electrons. The Morgan fingerprint density at radius 2 is 1.93 bits per heavy atom. The third-order valence-electron chi connectivity index (χ3n) is 2.30. The van der Waals surface area contributed by atoms with Gasteiger partial charge in [0, 0.05) is 13.1 Å². The second kappa shape index (κ2) is 3.24. The number of hydrogen-bond donors (Lipinski definition) is 1. The number of hydrogen-bond acceptors (Lipinski definition) is 1. The Labute approximate surface area is 87.4 Å². The lowest BCUT2D eigenvalue weighted by atomic mass is 9.89. The van der Waals surface area contributed by atoms with Crippen LogP contribution < -0.4 is 5.32 Å². The van der Waals surface area contributed by atoms with Crippen LogP contribution in [0, 0.1) is 11.6 Å². The highest BCUT2D eigenvalue weighted by atomic mass is 79.9. The average Bonchev–Trinajstić information content (AvgIpc) is 2.09. The van der Waals surface area contributed by atoms with E-state index in [0.717, 1.165) is 6.07 Å². The number of nitrogens with one attached hydrogen (secondary N) is 1. The number of rotatable bonds is 1. The van der Waals surface area contributed by atoms with E-state index in [0.29, 0.717) is 0 Å². The van der Waals surface area contributed by atoms with Gasteiger partial charge in [-0.05, 0) is 28.1 Å². The number of alkyl halides is 1. The number of halogens is 4. The molecule has 1 aromatic carbocycles. The topological polar surface area (TPSA) is 12.0 Å². The van der Waals surface area contributed by atoms with Gasteiger partial charge in [-0.3, -0.25) is 0 Å². The van der Waals surface area contributed by atoms with Gasteiger partial charge in [0.15, 0.2) is 5.67 Å². The van der Waals surface area contributed by atoms with E-state index in [9.17, 15) is 13.2 Å². The summed E-state index contributed by atoms with van der Waals surface area (Å²) in [5.41, 5.74) is -2.39. The van der Waals surface area contributed by atoms with E-state index in [1.54, 1.807) is 0 Å². The zero-order chi connectivity index (χ0) is 10.3. The molecule has 5 heteroatoms. The standard InChI is InChI=1S/C9H7BrF3N/c10-5-1-2-6(11)7(8(5)12)9(13)3-14-4-9/h1-2,14H,3-4H2. The number of benzene rings is 1. The Balaban J connectivity index is 2.56. The van der Waals surface area contributed by atoms with E-state index in [-0.39, 0.29) is 17.6 Å². The molecule has 1 aromatic rings. The Bertz CT molecular complexity index is 377. The van der Waals surface area contributed by atoms with Gasteiger partial charge in [-0.15, -0.1) is 0 Å². The summed E-state index contributed by atoms with van der Waals surface area (Å²) < 4.78 is 40.5. The normalized spacial score (nSPS) is 19.1. The van der Waals surface area contributed by atoms with Gasteiger partial charge in [0.05, 0.1) is 10.0 Å². The Morgan fingerprint density at radius 1 is 1.29 bits per heavy atom. The molecular formula is C9H7BrF3N. The van der Waals surface area contributed by atoms with Crippen molar-refractivity contribution >= 4 is 15.9 Å². The molecule has 1 aliphatic rings. The summed E-state index contributed by atoms with van der Waals surface area (Å²) in [5, 5.41) is 2.65. The van der Waals surface area contributed by atoms with E-state index in [4.69, 9.17) is 0 Å². The molecule has 1 heterocycles. The molecular weight excluding hydrogens is 259 g/mol. The molecule has 0 saturated carbocycles. The third-order valence-corrected chi connectivity index (χ3v) is 2.91. The molecule has 1 fully saturated rings. The van der Waals surface area contributed by atoms with E-state index in [2.05, 4.69) is 21.2 Å². The van der Waals surface area contributed by atoms with Crippen molar-refractivity contribution in [2.45, 2.75) is 5.67 Å². The lowest BCUT2D eigenvalue weighted by Gasteiger charge is -2.35. The molecule has 76 valence electrons. The van der Waals surface area contributed by atoms with Crippen LogP contribution in [0.5, 0.6) is 0 Å². The van der Waals surface area contributed by atoms with Crippen molar-refractivity contribution in [1.82, 2.24) is 5.32 Å². The van der Waals surface area contributed by atoms with Crippen LogP contribution >= 0.6 is 15.9 Å².